The fraction of sp³-hybridized carbons (Fsp3) is 0.333. The molecule has 0 spiro atoms. The van der Waals surface area contributed by atoms with Gasteiger partial charge in [-0.2, -0.15) is 0 Å². The van der Waals surface area contributed by atoms with Crippen molar-refractivity contribution in [2.24, 2.45) is 5.92 Å². The maximum atomic E-state index is 12.7. The summed E-state index contributed by atoms with van der Waals surface area (Å²) in [5.41, 5.74) is 1.78. The normalized spacial score (nSPS) is 14.3. The van der Waals surface area contributed by atoms with E-state index in [1.165, 1.54) is 0 Å². The highest BCUT2D eigenvalue weighted by atomic mass is 16.5. The molecule has 4 rings (SSSR count). The van der Waals surface area contributed by atoms with Gasteiger partial charge >= 0.3 is 6.03 Å². The molecule has 1 fully saturated rings. The molecule has 0 radical (unpaired) electrons. The standard InChI is InChI=1S/C24H28N4O3/c1-30-21-14-20(15-22(16-21)31-2)26-24(29)27-11-8-18(9-12-27)17-28-13-10-25-23(28)19-6-4-3-5-7-19/h3-7,10,13-16,18H,8-9,11-12,17H2,1-2H3,(H,26,29). The molecule has 1 N–H and O–H groups in total. The zero-order valence-electron chi connectivity index (χ0n) is 18.0. The first kappa shape index (κ1) is 20.8. The number of benzene rings is 2. The van der Waals surface area contributed by atoms with E-state index in [1.807, 2.05) is 35.5 Å². The number of anilines is 1. The van der Waals surface area contributed by atoms with E-state index in [0.29, 0.717) is 23.1 Å². The smallest absolute Gasteiger partial charge is 0.321 e. The van der Waals surface area contributed by atoms with Gasteiger partial charge in [0.15, 0.2) is 0 Å². The van der Waals surface area contributed by atoms with E-state index in [0.717, 1.165) is 43.9 Å². The van der Waals surface area contributed by atoms with Crippen LogP contribution in [0.5, 0.6) is 11.5 Å². The van der Waals surface area contributed by atoms with Crippen LogP contribution in [0.4, 0.5) is 10.5 Å². The molecule has 0 saturated carbocycles. The lowest BCUT2D eigenvalue weighted by molar-refractivity contribution is 0.177. The van der Waals surface area contributed by atoms with Crippen LogP contribution >= 0.6 is 0 Å². The molecule has 7 nitrogen and oxygen atoms in total. The van der Waals surface area contributed by atoms with Crippen LogP contribution < -0.4 is 14.8 Å². The molecule has 162 valence electrons. The Bertz CT molecular complexity index is 988. The predicted molar refractivity (Wildman–Crippen MR) is 121 cm³/mol. The van der Waals surface area contributed by atoms with Crippen LogP contribution in [0.2, 0.25) is 0 Å². The molecule has 0 bridgehead atoms. The summed E-state index contributed by atoms with van der Waals surface area (Å²) < 4.78 is 12.8. The number of methoxy groups -OCH3 is 2. The first-order valence-corrected chi connectivity index (χ1v) is 10.5. The van der Waals surface area contributed by atoms with Crippen molar-refractivity contribution in [2.75, 3.05) is 32.6 Å². The van der Waals surface area contributed by atoms with Crippen LogP contribution in [-0.4, -0.2) is 47.8 Å². The Morgan fingerprint density at radius 1 is 1.06 bits per heavy atom. The number of amides is 2. The second-order valence-electron chi connectivity index (χ2n) is 7.73. The van der Waals surface area contributed by atoms with Gasteiger partial charge in [-0.15, -0.1) is 0 Å². The molecule has 1 saturated heterocycles. The molecule has 0 atom stereocenters. The van der Waals surface area contributed by atoms with Crippen molar-refractivity contribution in [3.63, 3.8) is 0 Å². The van der Waals surface area contributed by atoms with Gasteiger partial charge < -0.3 is 24.3 Å². The number of carbonyl (C=O) groups is 1. The molecule has 2 aromatic carbocycles. The Hall–Kier alpha value is -3.48. The lowest BCUT2D eigenvalue weighted by Gasteiger charge is -2.32. The van der Waals surface area contributed by atoms with E-state index in [9.17, 15) is 4.79 Å². The lowest BCUT2D eigenvalue weighted by atomic mass is 9.97. The van der Waals surface area contributed by atoms with Crippen molar-refractivity contribution in [3.05, 3.63) is 60.9 Å². The molecule has 31 heavy (non-hydrogen) atoms. The Kier molecular flexibility index (Phi) is 6.40. The number of urea groups is 1. The average molecular weight is 421 g/mol. The second-order valence-corrected chi connectivity index (χ2v) is 7.73. The third kappa shape index (κ3) is 4.99. The number of nitrogens with one attached hydrogen (secondary N) is 1. The summed E-state index contributed by atoms with van der Waals surface area (Å²) >= 11 is 0. The molecule has 0 aliphatic carbocycles. The Morgan fingerprint density at radius 2 is 1.74 bits per heavy atom. The third-order valence-corrected chi connectivity index (χ3v) is 5.71. The Morgan fingerprint density at radius 3 is 2.39 bits per heavy atom. The number of likely N-dealkylation sites (tertiary alicyclic amines) is 1. The van der Waals surface area contributed by atoms with Gasteiger partial charge in [0.1, 0.15) is 17.3 Å². The van der Waals surface area contributed by atoms with E-state index in [2.05, 4.69) is 27.0 Å². The highest BCUT2D eigenvalue weighted by Crippen LogP contribution is 2.27. The lowest BCUT2D eigenvalue weighted by Crippen LogP contribution is -2.41. The number of nitrogens with zero attached hydrogens (tertiary/aromatic N) is 3. The predicted octanol–water partition coefficient (Wildman–Crippen LogP) is 4.51. The van der Waals surface area contributed by atoms with Gasteiger partial charge in [0, 0.05) is 61.5 Å². The van der Waals surface area contributed by atoms with Crippen molar-refractivity contribution in [1.82, 2.24) is 14.5 Å². The quantitative estimate of drug-likeness (QED) is 0.637. The topological polar surface area (TPSA) is 68.6 Å². The summed E-state index contributed by atoms with van der Waals surface area (Å²) in [4.78, 5) is 19.2. The first-order chi connectivity index (χ1) is 15.2. The van der Waals surface area contributed by atoms with Crippen LogP contribution in [0, 0.1) is 5.92 Å². The van der Waals surface area contributed by atoms with Crippen LogP contribution in [0.3, 0.4) is 0 Å². The van der Waals surface area contributed by atoms with E-state index in [-0.39, 0.29) is 6.03 Å². The summed E-state index contributed by atoms with van der Waals surface area (Å²) in [7, 11) is 3.18. The number of imidazole rings is 1. The van der Waals surface area contributed by atoms with E-state index < -0.39 is 0 Å². The summed E-state index contributed by atoms with van der Waals surface area (Å²) in [6, 6.07) is 15.5. The molecule has 0 unspecified atom stereocenters. The van der Waals surface area contributed by atoms with Crippen LogP contribution in [0.15, 0.2) is 60.9 Å². The maximum Gasteiger partial charge on any atom is 0.321 e. The van der Waals surface area contributed by atoms with Gasteiger partial charge in [-0.1, -0.05) is 30.3 Å². The number of carbonyl (C=O) groups excluding carboxylic acids is 1. The highest BCUT2D eigenvalue weighted by molar-refractivity contribution is 5.89. The molecule has 2 amide bonds. The number of aromatic nitrogens is 2. The molecule has 1 aliphatic heterocycles. The highest BCUT2D eigenvalue weighted by Gasteiger charge is 2.24. The fourth-order valence-electron chi connectivity index (χ4n) is 3.98. The SMILES string of the molecule is COc1cc(NC(=O)N2CCC(Cn3ccnc3-c3ccccc3)CC2)cc(OC)c1. The van der Waals surface area contributed by atoms with Crippen molar-refractivity contribution >= 4 is 11.7 Å². The number of rotatable bonds is 6. The summed E-state index contributed by atoms with van der Waals surface area (Å²) in [6.07, 6.45) is 5.81. The maximum absolute atomic E-state index is 12.7. The van der Waals surface area contributed by atoms with Crippen molar-refractivity contribution in [3.8, 4) is 22.9 Å². The summed E-state index contributed by atoms with van der Waals surface area (Å²) in [5, 5.41) is 2.96. The van der Waals surface area contributed by atoms with E-state index in [1.54, 1.807) is 32.4 Å². The van der Waals surface area contributed by atoms with Gasteiger partial charge in [0.05, 0.1) is 14.2 Å². The molecular formula is C24H28N4O3. The zero-order valence-corrected chi connectivity index (χ0v) is 18.0. The second kappa shape index (κ2) is 9.55. The van der Waals surface area contributed by atoms with Crippen LogP contribution in [0.1, 0.15) is 12.8 Å². The molecule has 1 aliphatic rings. The van der Waals surface area contributed by atoms with Gasteiger partial charge in [-0.3, -0.25) is 0 Å². The molecular weight excluding hydrogens is 392 g/mol. The Balaban J connectivity index is 1.33. The van der Waals surface area contributed by atoms with Gasteiger partial charge in [0.25, 0.3) is 0 Å². The molecule has 1 aromatic heterocycles. The fourth-order valence-corrected chi connectivity index (χ4v) is 3.98. The Labute approximate surface area is 182 Å². The van der Waals surface area contributed by atoms with Crippen molar-refractivity contribution in [1.29, 1.82) is 0 Å². The number of hydrogen-bond donors (Lipinski definition) is 1. The van der Waals surface area contributed by atoms with Crippen LogP contribution in [0.25, 0.3) is 11.4 Å². The van der Waals surface area contributed by atoms with Gasteiger partial charge in [0.2, 0.25) is 0 Å². The van der Waals surface area contributed by atoms with Gasteiger partial charge in [-0.25, -0.2) is 9.78 Å². The molecule has 7 heteroatoms. The average Bonchev–Trinajstić information content (AvgIpc) is 3.27. The number of hydrogen-bond acceptors (Lipinski definition) is 4. The van der Waals surface area contributed by atoms with Crippen molar-refractivity contribution < 1.29 is 14.3 Å². The minimum absolute atomic E-state index is 0.0960. The minimum Gasteiger partial charge on any atom is -0.497 e. The zero-order chi connectivity index (χ0) is 21.6. The third-order valence-electron chi connectivity index (χ3n) is 5.71. The van der Waals surface area contributed by atoms with Crippen LogP contribution in [-0.2, 0) is 6.54 Å². The first-order valence-electron chi connectivity index (χ1n) is 10.5. The summed E-state index contributed by atoms with van der Waals surface area (Å²) in [5.74, 6) is 2.79. The number of ether oxygens (including phenoxy) is 2. The minimum atomic E-state index is -0.0960. The molecule has 3 aromatic rings. The molecule has 2 heterocycles. The monoisotopic (exact) mass is 420 g/mol. The van der Waals surface area contributed by atoms with E-state index >= 15 is 0 Å². The van der Waals surface area contributed by atoms with Gasteiger partial charge in [-0.05, 0) is 18.8 Å². The van der Waals surface area contributed by atoms with Crippen molar-refractivity contribution in [2.45, 2.75) is 19.4 Å². The number of piperidine rings is 1. The summed E-state index contributed by atoms with van der Waals surface area (Å²) in [6.45, 7) is 2.37. The van der Waals surface area contributed by atoms with E-state index in [4.69, 9.17) is 9.47 Å². The largest absolute Gasteiger partial charge is 0.497 e.